The third kappa shape index (κ3) is 3.22. The van der Waals surface area contributed by atoms with Crippen molar-refractivity contribution in [1.82, 2.24) is 4.57 Å². The molecule has 1 heterocycles. The highest BCUT2D eigenvalue weighted by atomic mass is 19.3. The van der Waals surface area contributed by atoms with Crippen LogP contribution in [0.15, 0.2) is 47.3 Å². The van der Waals surface area contributed by atoms with Crippen LogP contribution in [0.25, 0.3) is 16.6 Å². The van der Waals surface area contributed by atoms with E-state index in [2.05, 4.69) is 4.74 Å². The molecule has 0 amide bonds. The first-order chi connectivity index (χ1) is 13.3. The normalized spacial score (nSPS) is 12.4. The lowest BCUT2D eigenvalue weighted by atomic mass is 10.0. The van der Waals surface area contributed by atoms with E-state index in [1.54, 1.807) is 31.2 Å². The first-order valence-electron chi connectivity index (χ1n) is 8.39. The third-order valence-electron chi connectivity index (χ3n) is 4.51. The molecule has 0 aliphatic heterocycles. The summed E-state index contributed by atoms with van der Waals surface area (Å²) < 4.78 is 32.2. The highest BCUT2D eigenvalue weighted by Crippen LogP contribution is 2.29. The van der Waals surface area contributed by atoms with E-state index in [0.717, 1.165) is 11.7 Å². The zero-order valence-electron chi connectivity index (χ0n) is 15.1. The lowest BCUT2D eigenvalue weighted by Gasteiger charge is -2.16. The maximum absolute atomic E-state index is 13.2. The summed E-state index contributed by atoms with van der Waals surface area (Å²) in [6.07, 6.45) is -3.46. The van der Waals surface area contributed by atoms with Gasteiger partial charge < -0.3 is 15.6 Å². The van der Waals surface area contributed by atoms with Gasteiger partial charge in [-0.1, -0.05) is 24.3 Å². The fourth-order valence-corrected chi connectivity index (χ4v) is 3.03. The molecular formula is C20H18F2N2O4. The number of carbonyl (C=O) groups is 1. The van der Waals surface area contributed by atoms with Gasteiger partial charge in [-0.15, -0.1) is 0 Å². The Morgan fingerprint density at radius 2 is 1.75 bits per heavy atom. The number of alkyl halides is 2. The van der Waals surface area contributed by atoms with Crippen molar-refractivity contribution in [2.24, 2.45) is 0 Å². The molecule has 0 saturated heterocycles. The van der Waals surface area contributed by atoms with Crippen molar-refractivity contribution in [2.45, 2.75) is 19.5 Å². The average Bonchev–Trinajstić information content (AvgIpc) is 2.67. The number of esters is 1. The number of anilines is 1. The van der Waals surface area contributed by atoms with Crippen molar-refractivity contribution < 1.29 is 23.4 Å². The number of nitrogens with two attached hydrogens (primary N) is 1. The molecule has 146 valence electrons. The Hall–Kier alpha value is -3.26. The van der Waals surface area contributed by atoms with Crippen molar-refractivity contribution in [1.29, 1.82) is 0 Å². The first kappa shape index (κ1) is 19.5. The lowest BCUT2D eigenvalue weighted by Crippen LogP contribution is -2.28. The Bertz CT molecular complexity index is 1110. The molecule has 0 aliphatic carbocycles. The minimum atomic E-state index is -2.74. The van der Waals surface area contributed by atoms with Gasteiger partial charge >= 0.3 is 5.97 Å². The van der Waals surface area contributed by atoms with E-state index in [1.807, 2.05) is 0 Å². The average molecular weight is 388 g/mol. The van der Waals surface area contributed by atoms with Gasteiger partial charge in [0, 0.05) is 16.6 Å². The number of fused-ring (bicyclic) bond motifs is 1. The topological polar surface area (TPSA) is 94.6 Å². The number of aliphatic hydroxyl groups excluding tert-OH is 1. The van der Waals surface area contributed by atoms with E-state index in [4.69, 9.17) is 5.73 Å². The molecule has 1 atom stereocenters. The second-order valence-electron chi connectivity index (χ2n) is 6.27. The van der Waals surface area contributed by atoms with Crippen LogP contribution in [-0.2, 0) is 4.74 Å². The number of pyridine rings is 1. The molecule has 6 nitrogen and oxygen atoms in total. The molecule has 0 radical (unpaired) electrons. The van der Waals surface area contributed by atoms with Crippen LogP contribution in [0.5, 0.6) is 0 Å². The maximum atomic E-state index is 13.2. The number of carbonyl (C=O) groups excluding carboxylic acids is 1. The summed E-state index contributed by atoms with van der Waals surface area (Å²) in [5, 5.41) is 9.93. The molecule has 8 heteroatoms. The fraction of sp³-hybridized carbons (Fsp3) is 0.200. The molecule has 1 aromatic heterocycles. The number of hydrogen-bond acceptors (Lipinski definition) is 5. The van der Waals surface area contributed by atoms with Gasteiger partial charge in [0.1, 0.15) is 5.56 Å². The lowest BCUT2D eigenvalue weighted by molar-refractivity contribution is 0.0599. The van der Waals surface area contributed by atoms with E-state index in [9.17, 15) is 23.5 Å². The van der Waals surface area contributed by atoms with E-state index >= 15 is 0 Å². The summed E-state index contributed by atoms with van der Waals surface area (Å²) >= 11 is 0. The van der Waals surface area contributed by atoms with Crippen molar-refractivity contribution in [3.05, 3.63) is 69.5 Å². The summed E-state index contributed by atoms with van der Waals surface area (Å²) in [5.74, 6) is -0.920. The van der Waals surface area contributed by atoms with Gasteiger partial charge in [0.15, 0.2) is 0 Å². The monoisotopic (exact) mass is 388 g/mol. The molecule has 0 spiro atoms. The Morgan fingerprint density at radius 1 is 1.14 bits per heavy atom. The van der Waals surface area contributed by atoms with Crippen LogP contribution in [0.4, 0.5) is 14.5 Å². The predicted octanol–water partition coefficient (Wildman–Crippen LogP) is 3.35. The van der Waals surface area contributed by atoms with Gasteiger partial charge in [0.25, 0.3) is 12.0 Å². The zero-order valence-corrected chi connectivity index (χ0v) is 15.1. The molecule has 0 bridgehead atoms. The first-order valence-corrected chi connectivity index (χ1v) is 8.39. The molecule has 3 rings (SSSR count). The zero-order chi connectivity index (χ0) is 20.6. The van der Waals surface area contributed by atoms with Gasteiger partial charge in [-0.2, -0.15) is 0 Å². The molecule has 28 heavy (non-hydrogen) atoms. The number of halogens is 2. The Balaban J connectivity index is 2.42. The molecule has 0 aliphatic rings. The van der Waals surface area contributed by atoms with Gasteiger partial charge in [0.05, 0.1) is 24.4 Å². The minimum Gasteiger partial charge on any atom is -0.465 e. The van der Waals surface area contributed by atoms with Gasteiger partial charge in [-0.3, -0.25) is 9.36 Å². The summed E-state index contributed by atoms with van der Waals surface area (Å²) in [5.41, 5.74) is 5.49. The number of ether oxygens (including phenoxy) is 1. The van der Waals surface area contributed by atoms with Crippen molar-refractivity contribution in [2.75, 3.05) is 12.8 Å². The highest BCUT2D eigenvalue weighted by Gasteiger charge is 2.23. The van der Waals surface area contributed by atoms with Crippen molar-refractivity contribution in [3.63, 3.8) is 0 Å². The number of aliphatic hydroxyl groups is 1. The highest BCUT2D eigenvalue weighted by molar-refractivity contribution is 6.04. The molecule has 2 aromatic carbocycles. The standard InChI is InChI=1S/C20H18F2N2O4/c1-10(25)11-3-6-13(7-4-11)24-15-9-12(18(21)22)5-8-14(15)17(23)16(19(24)26)20(27)28-2/h3-10,18,25H,23H2,1-2H3. The summed E-state index contributed by atoms with van der Waals surface area (Å²) in [6.45, 7) is 1.59. The Kier molecular flexibility index (Phi) is 5.15. The molecular weight excluding hydrogens is 370 g/mol. The van der Waals surface area contributed by atoms with Crippen LogP contribution in [0, 0.1) is 0 Å². The fourth-order valence-electron chi connectivity index (χ4n) is 3.03. The van der Waals surface area contributed by atoms with Crippen LogP contribution in [0.2, 0.25) is 0 Å². The van der Waals surface area contributed by atoms with Gasteiger partial charge in [-0.05, 0) is 30.7 Å². The van der Waals surface area contributed by atoms with Crippen molar-refractivity contribution in [3.8, 4) is 5.69 Å². The van der Waals surface area contributed by atoms with Gasteiger partial charge in [0.2, 0.25) is 0 Å². The second kappa shape index (κ2) is 7.40. The predicted molar refractivity (Wildman–Crippen MR) is 101 cm³/mol. The SMILES string of the molecule is COC(=O)c1c(N)c2ccc(C(F)F)cc2n(-c2ccc(C(C)O)cc2)c1=O. The molecule has 1 unspecified atom stereocenters. The van der Waals surface area contributed by atoms with E-state index in [-0.39, 0.29) is 27.7 Å². The van der Waals surface area contributed by atoms with E-state index in [0.29, 0.717) is 11.3 Å². The van der Waals surface area contributed by atoms with Crippen LogP contribution >= 0.6 is 0 Å². The molecule has 3 N–H and O–H groups in total. The van der Waals surface area contributed by atoms with Crippen molar-refractivity contribution >= 4 is 22.6 Å². The van der Waals surface area contributed by atoms with E-state index < -0.39 is 24.1 Å². The summed E-state index contributed by atoms with van der Waals surface area (Å²) in [7, 11) is 1.12. The third-order valence-corrected chi connectivity index (χ3v) is 4.51. The van der Waals surface area contributed by atoms with Gasteiger partial charge in [-0.25, -0.2) is 13.6 Å². The van der Waals surface area contributed by atoms with E-state index in [1.165, 1.54) is 18.2 Å². The van der Waals surface area contributed by atoms with Crippen LogP contribution in [-0.4, -0.2) is 22.8 Å². The number of hydrogen-bond donors (Lipinski definition) is 2. The Morgan fingerprint density at radius 3 is 2.29 bits per heavy atom. The Labute approximate surface area is 158 Å². The molecule has 0 fully saturated rings. The minimum absolute atomic E-state index is 0.135. The summed E-state index contributed by atoms with van der Waals surface area (Å²) in [4.78, 5) is 25.2. The summed E-state index contributed by atoms with van der Waals surface area (Å²) in [6, 6.07) is 10.0. The smallest absolute Gasteiger partial charge is 0.345 e. The quantitative estimate of drug-likeness (QED) is 0.669. The van der Waals surface area contributed by atoms with Crippen LogP contribution in [0.3, 0.4) is 0 Å². The number of aromatic nitrogens is 1. The number of methoxy groups -OCH3 is 1. The number of nitrogen functional groups attached to an aromatic ring is 1. The number of nitrogens with zero attached hydrogens (tertiary/aromatic N) is 1. The molecule has 0 saturated carbocycles. The maximum Gasteiger partial charge on any atom is 0.345 e. The van der Waals surface area contributed by atoms with Crippen LogP contribution in [0.1, 0.15) is 40.9 Å². The molecule has 3 aromatic rings. The van der Waals surface area contributed by atoms with Crippen LogP contribution < -0.4 is 11.3 Å². The largest absolute Gasteiger partial charge is 0.465 e. The number of rotatable bonds is 4. The number of benzene rings is 2. The second-order valence-corrected chi connectivity index (χ2v) is 6.27.